The minimum Gasteiger partial charge on any atom is -0.467 e. The molecule has 1 fully saturated rings. The van der Waals surface area contributed by atoms with E-state index in [1.165, 1.54) is 32.8 Å². The minimum absolute atomic E-state index is 0.148. The highest BCUT2D eigenvalue weighted by Gasteiger charge is 2.39. The van der Waals surface area contributed by atoms with Gasteiger partial charge in [0.25, 0.3) is 0 Å². The molecule has 4 nitrogen and oxygen atoms in total. The predicted octanol–water partition coefficient (Wildman–Crippen LogP) is 5.18. The molecule has 0 saturated heterocycles. The fourth-order valence-corrected chi connectivity index (χ4v) is 4.96. The van der Waals surface area contributed by atoms with Crippen LogP contribution in [0, 0.1) is 17.8 Å². The molecule has 1 N–H and O–H groups in total. The van der Waals surface area contributed by atoms with Gasteiger partial charge in [-0.25, -0.2) is 4.79 Å². The van der Waals surface area contributed by atoms with Crippen molar-refractivity contribution in [2.45, 2.75) is 83.7 Å². The first kappa shape index (κ1) is 25.2. The molecule has 0 bridgehead atoms. The number of aliphatic hydroxyl groups is 1. The summed E-state index contributed by atoms with van der Waals surface area (Å²) < 4.78 is 4.54. The number of rotatable bonds is 15. The second-order valence-electron chi connectivity index (χ2n) is 8.02. The van der Waals surface area contributed by atoms with E-state index in [0.29, 0.717) is 24.0 Å². The van der Waals surface area contributed by atoms with Gasteiger partial charge in [0.05, 0.1) is 7.11 Å². The van der Waals surface area contributed by atoms with Crippen LogP contribution in [0.15, 0.2) is 12.2 Å². The van der Waals surface area contributed by atoms with Crippen LogP contribution in [0.5, 0.6) is 0 Å². The number of esters is 1. The number of unbranched alkanes of at least 4 members (excludes halogenated alkanes) is 6. The van der Waals surface area contributed by atoms with Crippen molar-refractivity contribution >= 4 is 23.5 Å². The van der Waals surface area contributed by atoms with Crippen molar-refractivity contribution in [1.29, 1.82) is 0 Å². The molecule has 1 aliphatic carbocycles. The number of carbonyl (C=O) groups excluding carboxylic acids is 2. The quantitative estimate of drug-likeness (QED) is 0.228. The number of ketones is 1. The Morgan fingerprint density at radius 1 is 1.25 bits per heavy atom. The standard InChI is InChI=1S/C23H40O4S/c1-4-5-6-7-8-10-13-19-18(17-28-3)16-22(25)20(19)14-11-9-12-15-21(24)23(26)27-2/h10,13,18-21,24H,4-9,11-12,14-17H2,1-3H3/t18-,19-,20+,21?/m0/s1. The van der Waals surface area contributed by atoms with Gasteiger partial charge in [-0.1, -0.05) is 57.6 Å². The molecule has 28 heavy (non-hydrogen) atoms. The molecule has 1 unspecified atom stereocenters. The van der Waals surface area contributed by atoms with Crippen molar-refractivity contribution in [2.24, 2.45) is 17.8 Å². The summed E-state index contributed by atoms with van der Waals surface area (Å²) in [7, 11) is 1.29. The topological polar surface area (TPSA) is 63.6 Å². The van der Waals surface area contributed by atoms with E-state index in [2.05, 4.69) is 30.1 Å². The Morgan fingerprint density at radius 2 is 2.00 bits per heavy atom. The molecule has 0 aromatic heterocycles. The first-order valence-electron chi connectivity index (χ1n) is 11.0. The molecular weight excluding hydrogens is 372 g/mol. The van der Waals surface area contributed by atoms with Gasteiger partial charge in [-0.3, -0.25) is 4.79 Å². The lowest BCUT2D eigenvalue weighted by molar-refractivity contribution is -0.150. The Hall–Kier alpha value is -0.810. The van der Waals surface area contributed by atoms with Gasteiger partial charge in [0.2, 0.25) is 0 Å². The molecular formula is C23H40O4S. The Morgan fingerprint density at radius 3 is 2.68 bits per heavy atom. The van der Waals surface area contributed by atoms with Gasteiger partial charge < -0.3 is 9.84 Å². The molecule has 1 rings (SSSR count). The monoisotopic (exact) mass is 412 g/mol. The van der Waals surface area contributed by atoms with Crippen molar-refractivity contribution in [2.75, 3.05) is 19.1 Å². The van der Waals surface area contributed by atoms with Crippen LogP contribution in [0.1, 0.15) is 77.6 Å². The zero-order valence-electron chi connectivity index (χ0n) is 18.0. The van der Waals surface area contributed by atoms with Crippen LogP contribution in [-0.4, -0.2) is 42.1 Å². The maximum absolute atomic E-state index is 12.6. The number of hydrogen-bond acceptors (Lipinski definition) is 5. The van der Waals surface area contributed by atoms with Crippen LogP contribution in [0.2, 0.25) is 0 Å². The summed E-state index contributed by atoms with van der Waals surface area (Å²) in [6, 6.07) is 0. The SMILES string of the molecule is CCCCCCC=C[C@H]1[C@H](CSC)CC(=O)[C@@H]1CCCCCC(O)C(=O)OC. The molecule has 4 atom stereocenters. The van der Waals surface area contributed by atoms with Crippen molar-refractivity contribution < 1.29 is 19.4 Å². The Balaban J connectivity index is 2.45. The summed E-state index contributed by atoms with van der Waals surface area (Å²) in [5, 5.41) is 9.64. The fourth-order valence-electron chi connectivity index (χ4n) is 4.19. The van der Waals surface area contributed by atoms with E-state index in [1.54, 1.807) is 0 Å². The summed E-state index contributed by atoms with van der Waals surface area (Å²) in [5.74, 6) is 1.92. The Labute approximate surface area is 175 Å². The lowest BCUT2D eigenvalue weighted by Gasteiger charge is -2.20. The predicted molar refractivity (Wildman–Crippen MR) is 117 cm³/mol. The van der Waals surface area contributed by atoms with E-state index in [4.69, 9.17) is 0 Å². The highest BCUT2D eigenvalue weighted by molar-refractivity contribution is 7.98. The largest absolute Gasteiger partial charge is 0.467 e. The van der Waals surface area contributed by atoms with Crippen LogP contribution in [0.3, 0.4) is 0 Å². The van der Waals surface area contributed by atoms with E-state index in [-0.39, 0.29) is 5.92 Å². The van der Waals surface area contributed by atoms with Gasteiger partial charge >= 0.3 is 5.97 Å². The number of ether oxygens (including phenoxy) is 1. The zero-order valence-corrected chi connectivity index (χ0v) is 18.8. The summed E-state index contributed by atoms with van der Waals surface area (Å²) in [6.45, 7) is 2.23. The third-order valence-corrected chi connectivity index (χ3v) is 6.58. The number of hydrogen-bond donors (Lipinski definition) is 1. The van der Waals surface area contributed by atoms with Gasteiger partial charge in [-0.05, 0) is 49.5 Å². The maximum atomic E-state index is 12.6. The van der Waals surface area contributed by atoms with Gasteiger partial charge in [-0.2, -0.15) is 11.8 Å². The number of methoxy groups -OCH3 is 1. The van der Waals surface area contributed by atoms with Crippen LogP contribution < -0.4 is 0 Å². The van der Waals surface area contributed by atoms with Crippen LogP contribution in [0.25, 0.3) is 0 Å². The molecule has 0 amide bonds. The van der Waals surface area contributed by atoms with Gasteiger partial charge in [0, 0.05) is 12.3 Å². The average Bonchev–Trinajstić information content (AvgIpc) is 2.98. The first-order chi connectivity index (χ1) is 13.5. The van der Waals surface area contributed by atoms with Gasteiger partial charge in [0.1, 0.15) is 5.78 Å². The Bertz CT molecular complexity index is 477. The van der Waals surface area contributed by atoms with Crippen LogP contribution in [-0.2, 0) is 14.3 Å². The Kier molecular flexibility index (Phi) is 13.6. The molecule has 0 radical (unpaired) electrons. The minimum atomic E-state index is -1.02. The van der Waals surface area contributed by atoms with Crippen molar-refractivity contribution in [3.8, 4) is 0 Å². The van der Waals surface area contributed by atoms with Crippen LogP contribution in [0.4, 0.5) is 0 Å². The number of allylic oxidation sites excluding steroid dienone is 2. The van der Waals surface area contributed by atoms with E-state index in [1.807, 2.05) is 11.8 Å². The molecule has 0 aromatic carbocycles. The smallest absolute Gasteiger partial charge is 0.334 e. The molecule has 0 aromatic rings. The fraction of sp³-hybridized carbons (Fsp3) is 0.826. The molecule has 0 aliphatic heterocycles. The number of thioether (sulfide) groups is 1. The first-order valence-corrected chi connectivity index (χ1v) is 12.4. The van der Waals surface area contributed by atoms with E-state index < -0.39 is 12.1 Å². The summed E-state index contributed by atoms with van der Waals surface area (Å²) in [6.07, 6.45) is 16.7. The average molecular weight is 413 g/mol. The third-order valence-electron chi connectivity index (χ3n) is 5.82. The summed E-state index contributed by atoms with van der Waals surface area (Å²) in [4.78, 5) is 23.8. The second kappa shape index (κ2) is 15.1. The van der Waals surface area contributed by atoms with Gasteiger partial charge in [-0.15, -0.1) is 0 Å². The highest BCUT2D eigenvalue weighted by atomic mass is 32.2. The molecule has 1 saturated carbocycles. The molecule has 5 heteroatoms. The number of Topliss-reactive ketones (excluding diaryl/α,β-unsaturated/α-hetero) is 1. The van der Waals surface area contributed by atoms with Gasteiger partial charge in [0.15, 0.2) is 6.10 Å². The highest BCUT2D eigenvalue weighted by Crippen LogP contribution is 2.40. The lowest BCUT2D eigenvalue weighted by Crippen LogP contribution is -2.21. The molecule has 0 spiro atoms. The summed E-state index contributed by atoms with van der Waals surface area (Å²) >= 11 is 1.84. The van der Waals surface area contributed by atoms with E-state index in [0.717, 1.165) is 44.3 Å². The normalized spacial score (nSPS) is 23.4. The van der Waals surface area contributed by atoms with E-state index in [9.17, 15) is 14.7 Å². The van der Waals surface area contributed by atoms with Crippen molar-refractivity contribution in [3.63, 3.8) is 0 Å². The second-order valence-corrected chi connectivity index (χ2v) is 8.93. The van der Waals surface area contributed by atoms with E-state index >= 15 is 0 Å². The van der Waals surface area contributed by atoms with Crippen LogP contribution >= 0.6 is 11.8 Å². The maximum Gasteiger partial charge on any atom is 0.334 e. The lowest BCUT2D eigenvalue weighted by atomic mass is 9.85. The van der Waals surface area contributed by atoms with Crippen molar-refractivity contribution in [1.82, 2.24) is 0 Å². The zero-order chi connectivity index (χ0) is 20.8. The molecule has 162 valence electrons. The number of aliphatic hydroxyl groups excluding tert-OH is 1. The number of carbonyl (C=O) groups is 2. The molecule has 0 heterocycles. The third kappa shape index (κ3) is 9.13. The molecule has 1 aliphatic rings. The summed E-state index contributed by atoms with van der Waals surface area (Å²) in [5.41, 5.74) is 0. The van der Waals surface area contributed by atoms with Crippen molar-refractivity contribution in [3.05, 3.63) is 12.2 Å².